The number of amides is 1. The van der Waals surface area contributed by atoms with E-state index in [4.69, 9.17) is 0 Å². The lowest BCUT2D eigenvalue weighted by Crippen LogP contribution is -2.30. The van der Waals surface area contributed by atoms with Crippen molar-refractivity contribution in [1.82, 2.24) is 14.9 Å². The van der Waals surface area contributed by atoms with Gasteiger partial charge in [0.15, 0.2) is 0 Å². The minimum absolute atomic E-state index is 0.00540. The highest BCUT2D eigenvalue weighted by atomic mass is 19.3. The summed E-state index contributed by atoms with van der Waals surface area (Å²) in [7, 11) is 0. The van der Waals surface area contributed by atoms with Gasteiger partial charge in [0.2, 0.25) is 5.91 Å². The third-order valence-corrected chi connectivity index (χ3v) is 5.81. The second-order valence-electron chi connectivity index (χ2n) is 8.89. The quantitative estimate of drug-likeness (QED) is 0.313. The first-order valence-corrected chi connectivity index (χ1v) is 12.4. The fourth-order valence-corrected chi connectivity index (χ4v) is 3.77. The molecule has 1 aromatic heterocycles. The molecule has 2 atom stereocenters. The number of likely N-dealkylation sites (tertiary alicyclic amines) is 1. The number of hydrogen-bond acceptors (Lipinski definition) is 6. The number of aliphatic imine (C=N–C) groups is 1. The van der Waals surface area contributed by atoms with E-state index in [0.29, 0.717) is 34.8 Å². The molecule has 2 aromatic rings. The van der Waals surface area contributed by atoms with E-state index >= 15 is 0 Å². The van der Waals surface area contributed by atoms with Gasteiger partial charge < -0.3 is 20.1 Å². The molecule has 11 heteroatoms. The number of aliphatic hydroxyl groups excluding tert-OH is 1. The Morgan fingerprint density at radius 2 is 2.03 bits per heavy atom. The smallest absolute Gasteiger partial charge is 0.397 e. The number of alkyl halides is 3. The van der Waals surface area contributed by atoms with Crippen LogP contribution in [0.3, 0.4) is 0 Å². The molecule has 1 amide bonds. The Kier molecular flexibility index (Phi) is 10.0. The second kappa shape index (κ2) is 13.2. The van der Waals surface area contributed by atoms with Crippen LogP contribution in [0, 0.1) is 0 Å². The molecule has 1 aliphatic rings. The highest BCUT2D eigenvalue weighted by molar-refractivity contribution is 6.21. The number of β-amino-alcohol motifs (C(OH)–C–C–N with tert-alkyl or cyclic N) is 1. The highest BCUT2D eigenvalue weighted by Gasteiger charge is 2.34. The van der Waals surface area contributed by atoms with Crippen LogP contribution >= 0.6 is 0 Å². The first kappa shape index (κ1) is 28.8. The van der Waals surface area contributed by atoms with E-state index in [0.717, 1.165) is 6.42 Å². The molecule has 1 aliphatic heterocycles. The number of halogens is 3. The molecule has 38 heavy (non-hydrogen) atoms. The van der Waals surface area contributed by atoms with Gasteiger partial charge in [-0.25, -0.2) is 9.38 Å². The summed E-state index contributed by atoms with van der Waals surface area (Å²) in [6.45, 7) is 7.32. The van der Waals surface area contributed by atoms with Gasteiger partial charge in [0.25, 0.3) is 0 Å². The number of anilines is 1. The Balaban J connectivity index is 1.75. The first-order chi connectivity index (χ1) is 18.1. The lowest BCUT2D eigenvalue weighted by atomic mass is 10.1. The van der Waals surface area contributed by atoms with Gasteiger partial charge in [0.1, 0.15) is 23.9 Å². The third-order valence-electron chi connectivity index (χ3n) is 5.81. The van der Waals surface area contributed by atoms with Crippen LogP contribution in [0.4, 0.5) is 18.9 Å². The van der Waals surface area contributed by atoms with Crippen LogP contribution in [0.2, 0.25) is 0 Å². The molecular formula is C27H32F3N5O3. The van der Waals surface area contributed by atoms with Crippen LogP contribution < -0.4 is 10.1 Å². The Hall–Kier alpha value is -3.73. The zero-order valence-corrected chi connectivity index (χ0v) is 21.4. The van der Waals surface area contributed by atoms with Crippen LogP contribution in [0.15, 0.2) is 66.2 Å². The summed E-state index contributed by atoms with van der Waals surface area (Å²) in [4.78, 5) is 27.1. The molecule has 0 spiro atoms. The fourth-order valence-electron chi connectivity index (χ4n) is 3.77. The molecule has 3 rings (SSSR count). The molecule has 0 unspecified atom stereocenters. The van der Waals surface area contributed by atoms with E-state index < -0.39 is 24.8 Å². The summed E-state index contributed by atoms with van der Waals surface area (Å²) in [5.41, 5.74) is 2.01. The van der Waals surface area contributed by atoms with Crippen LogP contribution in [0.25, 0.3) is 5.57 Å². The molecule has 2 heterocycles. The van der Waals surface area contributed by atoms with Gasteiger partial charge in [-0.2, -0.15) is 8.78 Å². The first-order valence-electron chi connectivity index (χ1n) is 12.4. The average molecular weight is 532 g/mol. The summed E-state index contributed by atoms with van der Waals surface area (Å²) in [5.74, 6) is 0.00882. The number of nitrogens with one attached hydrogen (secondary N) is 1. The van der Waals surface area contributed by atoms with Gasteiger partial charge in [-0.05, 0) is 36.3 Å². The maximum absolute atomic E-state index is 14.1. The molecule has 0 saturated carbocycles. The third kappa shape index (κ3) is 8.14. The number of benzene rings is 1. The molecule has 0 radical (unpaired) electrons. The zero-order chi connectivity index (χ0) is 27.7. The zero-order valence-electron chi connectivity index (χ0n) is 21.4. The molecule has 1 fully saturated rings. The van der Waals surface area contributed by atoms with Gasteiger partial charge in [-0.15, -0.1) is 0 Å². The van der Waals surface area contributed by atoms with Gasteiger partial charge in [-0.3, -0.25) is 14.8 Å². The van der Waals surface area contributed by atoms with Crippen molar-refractivity contribution in [1.29, 1.82) is 0 Å². The minimum atomic E-state index is -3.26. The van der Waals surface area contributed by atoms with E-state index in [1.807, 2.05) is 6.92 Å². The standard InChI is InChI=1S/C27H32F3N5O3/c1-4-6-19(13-25(37)34-20-7-9-21(10-8-20)38-27(29,30)5-2)14-33-26(35-16-22(28)24(36)17-35)18(3)23-15-31-11-12-32-23/h7-12,14-15,22,24,36H,3-6,13,16-17H2,1-2H3,(H,34,37)/b19-14+,33-26+/t22-,24+/m0/s1. The Morgan fingerprint density at radius 3 is 2.61 bits per heavy atom. The lowest BCUT2D eigenvalue weighted by molar-refractivity contribution is -0.177. The van der Waals surface area contributed by atoms with Crippen molar-refractivity contribution in [2.75, 3.05) is 18.4 Å². The number of carbonyl (C=O) groups is 1. The number of aliphatic hydroxyl groups is 1. The normalized spacial score (nSPS) is 18.4. The molecule has 0 bridgehead atoms. The van der Waals surface area contributed by atoms with Gasteiger partial charge in [-0.1, -0.05) is 26.8 Å². The van der Waals surface area contributed by atoms with Crippen LogP contribution in [-0.4, -0.2) is 63.2 Å². The number of carbonyl (C=O) groups excluding carboxylic acids is 1. The number of amidine groups is 1. The van der Waals surface area contributed by atoms with Crippen molar-refractivity contribution in [2.24, 2.45) is 4.99 Å². The number of aromatic nitrogens is 2. The molecule has 0 aliphatic carbocycles. The minimum Gasteiger partial charge on any atom is -0.433 e. The van der Waals surface area contributed by atoms with Gasteiger partial charge in [0.05, 0.1) is 18.4 Å². The maximum atomic E-state index is 14.1. The van der Waals surface area contributed by atoms with Crippen molar-refractivity contribution in [3.63, 3.8) is 0 Å². The van der Waals surface area contributed by atoms with E-state index in [-0.39, 0.29) is 31.2 Å². The SMILES string of the molecule is C=C(/C(=N\C=C(/CCC)CC(=O)Nc1ccc(OC(F)(F)CC)cc1)N1C[C@@H](O)[C@@H](F)C1)c1cnccn1. The fraction of sp³-hybridized carbons (Fsp3) is 0.407. The van der Waals surface area contributed by atoms with Crippen molar-refractivity contribution in [3.8, 4) is 5.75 Å². The molecule has 204 valence electrons. The summed E-state index contributed by atoms with van der Waals surface area (Å²) in [6, 6.07) is 5.68. The summed E-state index contributed by atoms with van der Waals surface area (Å²) in [5, 5.41) is 12.7. The van der Waals surface area contributed by atoms with Crippen LogP contribution in [0.1, 0.15) is 45.2 Å². The van der Waals surface area contributed by atoms with Crippen molar-refractivity contribution in [2.45, 2.75) is 57.9 Å². The van der Waals surface area contributed by atoms with Crippen LogP contribution in [0.5, 0.6) is 5.75 Å². The summed E-state index contributed by atoms with van der Waals surface area (Å²) >= 11 is 0. The average Bonchev–Trinajstić information content (AvgIpc) is 3.23. The van der Waals surface area contributed by atoms with E-state index in [2.05, 4.69) is 31.6 Å². The summed E-state index contributed by atoms with van der Waals surface area (Å²) < 4.78 is 45.6. The van der Waals surface area contributed by atoms with Gasteiger partial charge in [0, 0.05) is 49.2 Å². The van der Waals surface area contributed by atoms with E-state index in [1.54, 1.807) is 11.1 Å². The van der Waals surface area contributed by atoms with E-state index in [1.165, 1.54) is 49.8 Å². The lowest BCUT2D eigenvalue weighted by Gasteiger charge is -2.21. The predicted molar refractivity (Wildman–Crippen MR) is 140 cm³/mol. The monoisotopic (exact) mass is 531 g/mol. The molecule has 2 N–H and O–H groups in total. The number of ether oxygens (including phenoxy) is 1. The molecule has 1 saturated heterocycles. The number of hydrogen-bond donors (Lipinski definition) is 2. The largest absolute Gasteiger partial charge is 0.433 e. The van der Waals surface area contributed by atoms with Crippen LogP contribution in [-0.2, 0) is 4.79 Å². The molecule has 8 nitrogen and oxygen atoms in total. The Labute approximate surface area is 220 Å². The van der Waals surface area contributed by atoms with Crippen molar-refractivity contribution >= 4 is 23.0 Å². The topological polar surface area (TPSA) is 99.9 Å². The predicted octanol–water partition coefficient (Wildman–Crippen LogP) is 5.00. The number of nitrogens with zero attached hydrogens (tertiary/aromatic N) is 4. The number of rotatable bonds is 11. The van der Waals surface area contributed by atoms with Gasteiger partial charge >= 0.3 is 6.11 Å². The Bertz CT molecular complexity index is 1150. The highest BCUT2D eigenvalue weighted by Crippen LogP contribution is 2.26. The maximum Gasteiger partial charge on any atom is 0.397 e. The van der Waals surface area contributed by atoms with E-state index in [9.17, 15) is 23.1 Å². The second-order valence-corrected chi connectivity index (χ2v) is 8.89. The van der Waals surface area contributed by atoms with Crippen molar-refractivity contribution < 1.29 is 27.8 Å². The summed E-state index contributed by atoms with van der Waals surface area (Å²) in [6.07, 6.45) is 1.16. The van der Waals surface area contributed by atoms with Crippen molar-refractivity contribution in [3.05, 3.63) is 66.9 Å². The Morgan fingerprint density at radius 1 is 1.29 bits per heavy atom. The molecule has 1 aromatic carbocycles. The molecular weight excluding hydrogens is 499 g/mol.